The predicted molar refractivity (Wildman–Crippen MR) is 73.2 cm³/mol. The van der Waals surface area contributed by atoms with Gasteiger partial charge >= 0.3 is 6.08 Å². The highest BCUT2D eigenvalue weighted by atomic mass is 16.6. The third-order valence-electron chi connectivity index (χ3n) is 3.44. The van der Waals surface area contributed by atoms with E-state index in [1.165, 1.54) is 11.8 Å². The molecule has 0 spiro atoms. The summed E-state index contributed by atoms with van der Waals surface area (Å²) in [6.45, 7) is 2.69. The third kappa shape index (κ3) is 3.18. The average Bonchev–Trinajstić information content (AvgIpc) is 3.10. The number of rotatable bonds is 5. The molecule has 1 atom stereocenters. The van der Waals surface area contributed by atoms with E-state index in [2.05, 4.69) is 34.1 Å². The normalized spacial score (nSPS) is 19.4. The molecule has 0 saturated carbocycles. The van der Waals surface area contributed by atoms with Crippen molar-refractivity contribution < 1.29 is 14.3 Å². The fourth-order valence-electron chi connectivity index (χ4n) is 2.44. The van der Waals surface area contributed by atoms with E-state index in [-0.39, 0.29) is 18.8 Å². The lowest BCUT2D eigenvalue weighted by atomic mass is 10.2. The SMILES string of the molecule is OCc1coc(OC2CCN(Cc3ccccc3)C2)n1. The number of aliphatic hydroxyl groups is 1. The van der Waals surface area contributed by atoms with Gasteiger partial charge in [0.25, 0.3) is 0 Å². The topological polar surface area (TPSA) is 58.7 Å². The molecular formula is C15H18N2O3. The van der Waals surface area contributed by atoms with Crippen molar-refractivity contribution in [2.24, 2.45) is 0 Å². The molecule has 0 radical (unpaired) electrons. The van der Waals surface area contributed by atoms with E-state index in [4.69, 9.17) is 14.3 Å². The molecule has 0 aliphatic carbocycles. The molecule has 2 heterocycles. The molecule has 0 amide bonds. The molecule has 3 rings (SSSR count). The Balaban J connectivity index is 1.52. The van der Waals surface area contributed by atoms with Gasteiger partial charge < -0.3 is 14.3 Å². The van der Waals surface area contributed by atoms with Crippen LogP contribution in [0.15, 0.2) is 41.0 Å². The van der Waals surface area contributed by atoms with Gasteiger partial charge in [0.15, 0.2) is 0 Å². The number of benzene rings is 1. The van der Waals surface area contributed by atoms with Gasteiger partial charge in [-0.15, -0.1) is 0 Å². The molecule has 1 aliphatic rings. The van der Waals surface area contributed by atoms with E-state index in [0.29, 0.717) is 5.69 Å². The van der Waals surface area contributed by atoms with E-state index >= 15 is 0 Å². The van der Waals surface area contributed by atoms with Gasteiger partial charge in [-0.1, -0.05) is 30.3 Å². The number of hydrogen-bond donors (Lipinski definition) is 1. The molecule has 1 aromatic carbocycles. The fourth-order valence-corrected chi connectivity index (χ4v) is 2.44. The lowest BCUT2D eigenvalue weighted by molar-refractivity contribution is 0.148. The van der Waals surface area contributed by atoms with Gasteiger partial charge in [0.2, 0.25) is 0 Å². The number of hydrogen-bond acceptors (Lipinski definition) is 5. The minimum absolute atomic E-state index is 0.101. The van der Waals surface area contributed by atoms with Crippen molar-refractivity contribution in [3.8, 4) is 6.08 Å². The largest absolute Gasteiger partial charge is 0.445 e. The number of nitrogens with zero attached hydrogens (tertiary/aromatic N) is 2. The van der Waals surface area contributed by atoms with Crippen LogP contribution in [0.4, 0.5) is 0 Å². The molecule has 1 N–H and O–H groups in total. The molecule has 2 aromatic rings. The highest BCUT2D eigenvalue weighted by Crippen LogP contribution is 2.19. The Morgan fingerprint density at radius 2 is 2.20 bits per heavy atom. The average molecular weight is 274 g/mol. The Morgan fingerprint density at radius 3 is 2.95 bits per heavy atom. The maximum absolute atomic E-state index is 8.93. The van der Waals surface area contributed by atoms with E-state index in [0.717, 1.165) is 26.1 Å². The van der Waals surface area contributed by atoms with Crippen LogP contribution in [0, 0.1) is 0 Å². The summed E-state index contributed by atoms with van der Waals surface area (Å²) < 4.78 is 10.9. The Kier molecular flexibility index (Phi) is 3.99. The zero-order valence-electron chi connectivity index (χ0n) is 11.2. The molecule has 0 bridgehead atoms. The van der Waals surface area contributed by atoms with Crippen molar-refractivity contribution in [1.29, 1.82) is 0 Å². The molecule has 5 heteroatoms. The molecule has 1 aliphatic heterocycles. The van der Waals surface area contributed by atoms with Gasteiger partial charge in [-0.2, -0.15) is 4.98 Å². The van der Waals surface area contributed by atoms with Crippen LogP contribution in [-0.2, 0) is 13.2 Å². The first-order chi connectivity index (χ1) is 9.83. The maximum atomic E-state index is 8.93. The molecule has 20 heavy (non-hydrogen) atoms. The van der Waals surface area contributed by atoms with Crippen molar-refractivity contribution in [3.05, 3.63) is 47.9 Å². The quantitative estimate of drug-likeness (QED) is 0.901. The zero-order chi connectivity index (χ0) is 13.8. The van der Waals surface area contributed by atoms with Crippen LogP contribution in [0.25, 0.3) is 0 Å². The highest BCUT2D eigenvalue weighted by molar-refractivity contribution is 5.14. The van der Waals surface area contributed by atoms with Crippen molar-refractivity contribution >= 4 is 0 Å². The summed E-state index contributed by atoms with van der Waals surface area (Å²) in [6, 6.07) is 10.4. The Labute approximate surface area is 117 Å². The summed E-state index contributed by atoms with van der Waals surface area (Å²) >= 11 is 0. The van der Waals surface area contributed by atoms with Gasteiger partial charge in [0, 0.05) is 19.6 Å². The summed E-state index contributed by atoms with van der Waals surface area (Å²) in [5, 5.41) is 8.93. The molecule has 1 fully saturated rings. The third-order valence-corrected chi connectivity index (χ3v) is 3.44. The monoisotopic (exact) mass is 274 g/mol. The zero-order valence-corrected chi connectivity index (χ0v) is 11.2. The Hall–Kier alpha value is -1.85. The second-order valence-electron chi connectivity index (χ2n) is 5.01. The minimum Gasteiger partial charge on any atom is -0.445 e. The van der Waals surface area contributed by atoms with Gasteiger partial charge in [-0.25, -0.2) is 0 Å². The van der Waals surface area contributed by atoms with Crippen LogP contribution >= 0.6 is 0 Å². The number of likely N-dealkylation sites (tertiary alicyclic amines) is 1. The minimum atomic E-state index is -0.127. The number of oxazole rings is 1. The van der Waals surface area contributed by atoms with Crippen molar-refractivity contribution in [3.63, 3.8) is 0 Å². The van der Waals surface area contributed by atoms with E-state index in [9.17, 15) is 0 Å². The highest BCUT2D eigenvalue weighted by Gasteiger charge is 2.25. The molecular weight excluding hydrogens is 256 g/mol. The van der Waals surface area contributed by atoms with Crippen molar-refractivity contribution in [1.82, 2.24) is 9.88 Å². The maximum Gasteiger partial charge on any atom is 0.394 e. The van der Waals surface area contributed by atoms with E-state index in [1.807, 2.05) is 6.07 Å². The lowest BCUT2D eigenvalue weighted by Gasteiger charge is -2.15. The number of aliphatic hydroxyl groups excluding tert-OH is 1. The lowest BCUT2D eigenvalue weighted by Crippen LogP contribution is -2.24. The van der Waals surface area contributed by atoms with Crippen molar-refractivity contribution in [2.45, 2.75) is 25.7 Å². The van der Waals surface area contributed by atoms with Crippen LogP contribution in [0.3, 0.4) is 0 Å². The first kappa shape index (κ1) is 13.1. The first-order valence-corrected chi connectivity index (χ1v) is 6.81. The Bertz CT molecular complexity index is 541. The number of ether oxygens (including phenoxy) is 1. The van der Waals surface area contributed by atoms with Crippen LogP contribution in [0.5, 0.6) is 6.08 Å². The molecule has 1 aromatic heterocycles. The predicted octanol–water partition coefficient (Wildman–Crippen LogP) is 1.82. The van der Waals surface area contributed by atoms with Crippen LogP contribution in [0.2, 0.25) is 0 Å². The van der Waals surface area contributed by atoms with Gasteiger partial charge in [-0.05, 0) is 12.0 Å². The smallest absolute Gasteiger partial charge is 0.394 e. The summed E-state index contributed by atoms with van der Waals surface area (Å²) in [7, 11) is 0. The van der Waals surface area contributed by atoms with Crippen LogP contribution < -0.4 is 4.74 Å². The second kappa shape index (κ2) is 6.07. The Morgan fingerprint density at radius 1 is 1.35 bits per heavy atom. The fraction of sp³-hybridized carbons (Fsp3) is 0.400. The summed E-state index contributed by atoms with van der Waals surface area (Å²) in [5.74, 6) is 0. The standard InChI is InChI=1S/C15H18N2O3/c18-10-13-11-19-15(16-13)20-14-6-7-17(9-14)8-12-4-2-1-3-5-12/h1-5,11,14,18H,6-10H2. The molecule has 5 nitrogen and oxygen atoms in total. The summed E-state index contributed by atoms with van der Waals surface area (Å²) in [5.41, 5.74) is 1.81. The molecule has 1 saturated heterocycles. The molecule has 106 valence electrons. The van der Waals surface area contributed by atoms with Crippen LogP contribution in [0.1, 0.15) is 17.7 Å². The van der Waals surface area contributed by atoms with Gasteiger partial charge in [0.05, 0.1) is 6.61 Å². The van der Waals surface area contributed by atoms with E-state index in [1.54, 1.807) is 0 Å². The van der Waals surface area contributed by atoms with Gasteiger partial charge in [0.1, 0.15) is 18.1 Å². The molecule has 1 unspecified atom stereocenters. The van der Waals surface area contributed by atoms with Gasteiger partial charge in [-0.3, -0.25) is 4.90 Å². The first-order valence-electron chi connectivity index (χ1n) is 6.81. The number of aromatic nitrogens is 1. The second-order valence-corrected chi connectivity index (χ2v) is 5.01. The van der Waals surface area contributed by atoms with Crippen molar-refractivity contribution in [2.75, 3.05) is 13.1 Å². The van der Waals surface area contributed by atoms with E-state index < -0.39 is 0 Å². The van der Waals surface area contributed by atoms with Crippen LogP contribution in [-0.4, -0.2) is 34.2 Å². The summed E-state index contributed by atoms with van der Waals surface area (Å²) in [6.07, 6.45) is 2.74. The summed E-state index contributed by atoms with van der Waals surface area (Å²) in [4.78, 5) is 6.40.